The highest BCUT2D eigenvalue weighted by atomic mass is 16.2. The lowest BCUT2D eigenvalue weighted by Crippen LogP contribution is -2.13. The topological polar surface area (TPSA) is 84.2 Å². The molecule has 0 bridgehead atoms. The van der Waals surface area contributed by atoms with Gasteiger partial charge in [-0.3, -0.25) is 9.59 Å². The van der Waals surface area contributed by atoms with E-state index in [-0.39, 0.29) is 5.91 Å². The summed E-state index contributed by atoms with van der Waals surface area (Å²) in [6.07, 6.45) is 0.992. The van der Waals surface area contributed by atoms with Crippen molar-refractivity contribution in [1.82, 2.24) is 0 Å². The molecule has 2 aromatic carbocycles. The molecule has 0 aliphatic carbocycles. The van der Waals surface area contributed by atoms with Crippen LogP contribution < -0.4 is 16.4 Å². The van der Waals surface area contributed by atoms with Crippen LogP contribution >= 0.6 is 0 Å². The monoisotopic (exact) mass is 281 g/mol. The number of nitrogens with one attached hydrogen (secondary N) is 2. The lowest BCUT2D eigenvalue weighted by atomic mass is 10.1. The molecule has 0 spiro atoms. The molecule has 1 aliphatic heterocycles. The van der Waals surface area contributed by atoms with Gasteiger partial charge in [0.15, 0.2) is 0 Å². The van der Waals surface area contributed by atoms with Crippen molar-refractivity contribution in [3.63, 3.8) is 0 Å². The van der Waals surface area contributed by atoms with E-state index in [4.69, 9.17) is 5.73 Å². The Morgan fingerprint density at radius 2 is 1.76 bits per heavy atom. The van der Waals surface area contributed by atoms with Gasteiger partial charge in [0.05, 0.1) is 0 Å². The van der Waals surface area contributed by atoms with Crippen molar-refractivity contribution in [1.29, 1.82) is 0 Å². The van der Waals surface area contributed by atoms with Crippen LogP contribution in [0, 0.1) is 0 Å². The highest BCUT2D eigenvalue weighted by molar-refractivity contribution is 6.05. The van der Waals surface area contributed by atoms with Crippen LogP contribution in [0.15, 0.2) is 42.5 Å². The fourth-order valence-corrected chi connectivity index (χ4v) is 2.35. The van der Waals surface area contributed by atoms with E-state index in [1.807, 2.05) is 18.2 Å². The number of amides is 2. The first-order valence-electron chi connectivity index (χ1n) is 6.71. The van der Waals surface area contributed by atoms with Gasteiger partial charge in [-0.05, 0) is 48.4 Å². The Labute approximate surface area is 122 Å². The van der Waals surface area contributed by atoms with E-state index in [2.05, 4.69) is 10.6 Å². The Morgan fingerprint density at radius 3 is 2.48 bits per heavy atom. The predicted octanol–water partition coefficient (Wildman–Crippen LogP) is 2.01. The van der Waals surface area contributed by atoms with Crippen molar-refractivity contribution in [2.24, 2.45) is 5.73 Å². The normalized spacial score (nSPS) is 12.4. The van der Waals surface area contributed by atoms with E-state index in [1.54, 1.807) is 24.3 Å². The zero-order valence-electron chi connectivity index (χ0n) is 11.3. The van der Waals surface area contributed by atoms with Crippen LogP contribution in [0.3, 0.4) is 0 Å². The summed E-state index contributed by atoms with van der Waals surface area (Å²) in [4.78, 5) is 23.2. The Hall–Kier alpha value is -2.82. The Morgan fingerprint density at radius 1 is 1.05 bits per heavy atom. The van der Waals surface area contributed by atoms with E-state index >= 15 is 0 Å². The molecule has 106 valence electrons. The molecule has 0 atom stereocenters. The lowest BCUT2D eigenvalue weighted by Gasteiger charge is -2.07. The molecule has 1 heterocycles. The molecule has 2 aromatic rings. The summed E-state index contributed by atoms with van der Waals surface area (Å²) >= 11 is 0. The number of nitrogens with two attached hydrogens (primary N) is 1. The SMILES string of the molecule is NC(=O)c1ccc(NC(=O)c2ccc3c(c2)NCC3)cc1. The van der Waals surface area contributed by atoms with Crippen molar-refractivity contribution in [3.8, 4) is 0 Å². The minimum atomic E-state index is -0.488. The first-order chi connectivity index (χ1) is 10.1. The van der Waals surface area contributed by atoms with Gasteiger partial charge in [0.25, 0.3) is 5.91 Å². The smallest absolute Gasteiger partial charge is 0.255 e. The number of carbonyl (C=O) groups is 2. The van der Waals surface area contributed by atoms with Gasteiger partial charge >= 0.3 is 0 Å². The molecular weight excluding hydrogens is 266 g/mol. The Kier molecular flexibility index (Phi) is 3.31. The second-order valence-corrected chi connectivity index (χ2v) is 4.94. The van der Waals surface area contributed by atoms with Gasteiger partial charge in [-0.25, -0.2) is 0 Å². The van der Waals surface area contributed by atoms with Crippen LogP contribution in [0.2, 0.25) is 0 Å². The summed E-state index contributed by atoms with van der Waals surface area (Å²) in [6, 6.07) is 12.1. The fourth-order valence-electron chi connectivity index (χ4n) is 2.35. The number of hydrogen-bond acceptors (Lipinski definition) is 3. The molecule has 3 rings (SSSR count). The second kappa shape index (κ2) is 5.28. The third-order valence-electron chi connectivity index (χ3n) is 3.51. The van der Waals surface area contributed by atoms with Gasteiger partial charge < -0.3 is 16.4 Å². The molecule has 5 heteroatoms. The van der Waals surface area contributed by atoms with E-state index in [1.165, 1.54) is 5.56 Å². The van der Waals surface area contributed by atoms with Gasteiger partial charge in [-0.15, -0.1) is 0 Å². The minimum Gasteiger partial charge on any atom is -0.384 e. The summed E-state index contributed by atoms with van der Waals surface area (Å²) in [5.41, 5.74) is 9.06. The van der Waals surface area contributed by atoms with Crippen molar-refractivity contribution < 1.29 is 9.59 Å². The van der Waals surface area contributed by atoms with Crippen LogP contribution in [-0.4, -0.2) is 18.4 Å². The minimum absolute atomic E-state index is 0.182. The van der Waals surface area contributed by atoms with Gasteiger partial charge in [0.1, 0.15) is 0 Å². The highest BCUT2D eigenvalue weighted by Crippen LogP contribution is 2.23. The summed E-state index contributed by atoms with van der Waals surface area (Å²) in [5.74, 6) is -0.670. The first-order valence-corrected chi connectivity index (χ1v) is 6.71. The molecule has 0 aromatic heterocycles. The molecule has 0 radical (unpaired) electrons. The van der Waals surface area contributed by atoms with Gasteiger partial charge in [0.2, 0.25) is 5.91 Å². The van der Waals surface area contributed by atoms with Crippen molar-refractivity contribution in [2.75, 3.05) is 17.2 Å². The maximum absolute atomic E-state index is 12.2. The second-order valence-electron chi connectivity index (χ2n) is 4.94. The average molecular weight is 281 g/mol. The third-order valence-corrected chi connectivity index (χ3v) is 3.51. The van der Waals surface area contributed by atoms with Crippen LogP contribution in [0.5, 0.6) is 0 Å². The van der Waals surface area contributed by atoms with E-state index < -0.39 is 5.91 Å². The average Bonchev–Trinajstić information content (AvgIpc) is 2.95. The summed E-state index contributed by atoms with van der Waals surface area (Å²) in [7, 11) is 0. The first kappa shape index (κ1) is 13.2. The largest absolute Gasteiger partial charge is 0.384 e. The number of primary amides is 1. The standard InChI is InChI=1S/C16H15N3O2/c17-15(20)11-3-5-13(6-4-11)19-16(21)12-2-1-10-7-8-18-14(10)9-12/h1-6,9,18H,7-8H2,(H2,17,20)(H,19,21). The van der Waals surface area contributed by atoms with E-state index in [0.717, 1.165) is 18.7 Å². The lowest BCUT2D eigenvalue weighted by molar-refractivity contribution is 0.0998. The number of fused-ring (bicyclic) bond motifs is 1. The van der Waals surface area contributed by atoms with Crippen molar-refractivity contribution >= 4 is 23.2 Å². The molecule has 0 saturated carbocycles. The molecule has 5 nitrogen and oxygen atoms in total. The molecule has 0 saturated heterocycles. The maximum Gasteiger partial charge on any atom is 0.255 e. The van der Waals surface area contributed by atoms with Crippen molar-refractivity contribution in [3.05, 3.63) is 59.2 Å². The van der Waals surface area contributed by atoms with E-state index in [9.17, 15) is 9.59 Å². The molecule has 21 heavy (non-hydrogen) atoms. The molecule has 4 N–H and O–H groups in total. The quantitative estimate of drug-likeness (QED) is 0.804. The number of hydrogen-bond donors (Lipinski definition) is 3. The van der Waals surface area contributed by atoms with Crippen molar-refractivity contribution in [2.45, 2.75) is 6.42 Å². The number of anilines is 2. The zero-order valence-corrected chi connectivity index (χ0v) is 11.3. The van der Waals surface area contributed by atoms with Crippen LogP contribution in [0.25, 0.3) is 0 Å². The molecule has 2 amide bonds. The Bertz CT molecular complexity index is 708. The predicted molar refractivity (Wildman–Crippen MR) is 81.5 cm³/mol. The van der Waals surface area contributed by atoms with Crippen LogP contribution in [0.1, 0.15) is 26.3 Å². The van der Waals surface area contributed by atoms with Gasteiger partial charge in [-0.1, -0.05) is 6.07 Å². The molecule has 0 unspecified atom stereocenters. The number of carbonyl (C=O) groups excluding carboxylic acids is 2. The maximum atomic E-state index is 12.2. The summed E-state index contributed by atoms with van der Waals surface area (Å²) in [6.45, 7) is 0.912. The molecule has 0 fully saturated rings. The summed E-state index contributed by atoms with van der Waals surface area (Å²) in [5, 5.41) is 6.04. The molecular formula is C16H15N3O2. The van der Waals surface area contributed by atoms with Gasteiger partial charge in [-0.2, -0.15) is 0 Å². The fraction of sp³-hybridized carbons (Fsp3) is 0.125. The third kappa shape index (κ3) is 2.72. The highest BCUT2D eigenvalue weighted by Gasteiger charge is 2.13. The van der Waals surface area contributed by atoms with Crippen LogP contribution in [-0.2, 0) is 6.42 Å². The molecule has 1 aliphatic rings. The van der Waals surface area contributed by atoms with Crippen LogP contribution in [0.4, 0.5) is 11.4 Å². The number of benzene rings is 2. The Balaban J connectivity index is 1.75. The van der Waals surface area contributed by atoms with Gasteiger partial charge in [0, 0.05) is 29.0 Å². The number of rotatable bonds is 3. The van der Waals surface area contributed by atoms with E-state index in [0.29, 0.717) is 16.8 Å². The summed E-state index contributed by atoms with van der Waals surface area (Å²) < 4.78 is 0. The zero-order chi connectivity index (χ0) is 14.8.